The van der Waals surface area contributed by atoms with Gasteiger partial charge < -0.3 is 0 Å². The van der Waals surface area contributed by atoms with Crippen LogP contribution in [0.2, 0.25) is 5.02 Å². The van der Waals surface area contributed by atoms with E-state index >= 15 is 0 Å². The second-order valence-corrected chi connectivity index (χ2v) is 12.3. The summed E-state index contributed by atoms with van der Waals surface area (Å²) < 4.78 is 0. The molecule has 0 aliphatic heterocycles. The highest BCUT2D eigenvalue weighted by molar-refractivity contribution is 6.30. The summed E-state index contributed by atoms with van der Waals surface area (Å²) in [6.45, 7) is 12.1. The van der Waals surface area contributed by atoms with Crippen molar-refractivity contribution in [2.45, 2.75) is 103 Å². The summed E-state index contributed by atoms with van der Waals surface area (Å²) >= 11 is 6.44. The zero-order valence-corrected chi connectivity index (χ0v) is 21.7. The Morgan fingerprint density at radius 1 is 0.875 bits per heavy atom. The van der Waals surface area contributed by atoms with Crippen LogP contribution < -0.4 is 0 Å². The largest absolute Gasteiger partial charge is 0.0843 e. The molecule has 0 bridgehead atoms. The predicted molar refractivity (Wildman–Crippen MR) is 140 cm³/mol. The first kappa shape index (κ1) is 23.9. The van der Waals surface area contributed by atoms with Gasteiger partial charge in [0, 0.05) is 5.02 Å². The molecule has 0 heterocycles. The first-order chi connectivity index (χ1) is 15.3. The van der Waals surface area contributed by atoms with Crippen molar-refractivity contribution in [3.8, 4) is 0 Å². The highest BCUT2D eigenvalue weighted by Gasteiger charge is 2.44. The van der Waals surface area contributed by atoms with Crippen LogP contribution >= 0.6 is 11.6 Å². The normalized spacial score (nSPS) is 26.2. The Kier molecular flexibility index (Phi) is 7.11. The maximum Gasteiger partial charge on any atom is 0.0408 e. The lowest BCUT2D eigenvalue weighted by Crippen LogP contribution is -2.34. The lowest BCUT2D eigenvalue weighted by molar-refractivity contribution is 0.226. The molecule has 0 aromatic heterocycles. The summed E-state index contributed by atoms with van der Waals surface area (Å²) in [5, 5.41) is 0.877. The van der Waals surface area contributed by atoms with Crippen molar-refractivity contribution in [3.63, 3.8) is 0 Å². The van der Waals surface area contributed by atoms with Crippen molar-refractivity contribution < 1.29 is 0 Å². The minimum Gasteiger partial charge on any atom is -0.0843 e. The molecule has 2 aromatic rings. The highest BCUT2D eigenvalue weighted by Crippen LogP contribution is 2.53. The van der Waals surface area contributed by atoms with Crippen molar-refractivity contribution in [1.29, 1.82) is 0 Å². The van der Waals surface area contributed by atoms with Gasteiger partial charge in [-0.1, -0.05) is 95.5 Å². The van der Waals surface area contributed by atoms with Crippen molar-refractivity contribution in [1.82, 2.24) is 0 Å². The average molecular weight is 451 g/mol. The molecule has 0 radical (unpaired) electrons. The molecule has 3 atom stereocenters. The lowest BCUT2D eigenvalue weighted by atomic mass is 9.65. The molecule has 1 heteroatoms. The molecule has 0 N–H and O–H groups in total. The van der Waals surface area contributed by atoms with E-state index in [2.05, 4.69) is 77.1 Å². The van der Waals surface area contributed by atoms with Crippen molar-refractivity contribution in [2.24, 2.45) is 17.8 Å². The standard InChI is InChI=1S/C31H43Cl/c1-22(2)20-30(27-11-9-13-29(32)19-27)17-14-26(21-30)25-10-8-12-28(18-25)31(15-6-7-16-31)24(5)23(3)4/h8-13,18-19,22-24,26H,6-7,14-17,20-21H2,1-5H3. The molecule has 2 fully saturated rings. The Balaban J connectivity index is 1.65. The summed E-state index contributed by atoms with van der Waals surface area (Å²) in [4.78, 5) is 0. The van der Waals surface area contributed by atoms with Crippen LogP contribution in [0.4, 0.5) is 0 Å². The molecule has 2 aliphatic rings. The molecule has 4 rings (SSSR count). The summed E-state index contributed by atoms with van der Waals surface area (Å²) in [7, 11) is 0. The molecule has 3 unspecified atom stereocenters. The fourth-order valence-corrected chi connectivity index (χ4v) is 7.52. The topological polar surface area (TPSA) is 0 Å². The van der Waals surface area contributed by atoms with Gasteiger partial charge in [0.05, 0.1) is 0 Å². The smallest absolute Gasteiger partial charge is 0.0408 e. The molecule has 32 heavy (non-hydrogen) atoms. The van der Waals surface area contributed by atoms with Gasteiger partial charge >= 0.3 is 0 Å². The van der Waals surface area contributed by atoms with E-state index in [1.807, 2.05) is 6.07 Å². The number of rotatable bonds is 7. The van der Waals surface area contributed by atoms with E-state index < -0.39 is 0 Å². The van der Waals surface area contributed by atoms with Crippen LogP contribution in [0.15, 0.2) is 48.5 Å². The van der Waals surface area contributed by atoms with Crippen molar-refractivity contribution in [2.75, 3.05) is 0 Å². The van der Waals surface area contributed by atoms with Gasteiger partial charge in [0.25, 0.3) is 0 Å². The second kappa shape index (κ2) is 9.54. The van der Waals surface area contributed by atoms with E-state index in [4.69, 9.17) is 11.6 Å². The predicted octanol–water partition coefficient (Wildman–Crippen LogP) is 9.70. The number of hydrogen-bond acceptors (Lipinski definition) is 0. The van der Waals surface area contributed by atoms with Gasteiger partial charge in [0.15, 0.2) is 0 Å². The summed E-state index contributed by atoms with van der Waals surface area (Å²) in [6, 6.07) is 18.6. The van der Waals surface area contributed by atoms with E-state index in [0.29, 0.717) is 17.3 Å². The Morgan fingerprint density at radius 2 is 1.56 bits per heavy atom. The van der Waals surface area contributed by atoms with Crippen LogP contribution in [0.5, 0.6) is 0 Å². The molecule has 2 aliphatic carbocycles. The average Bonchev–Trinajstić information content (AvgIpc) is 3.42. The molecule has 2 saturated carbocycles. The van der Waals surface area contributed by atoms with Gasteiger partial charge in [0.2, 0.25) is 0 Å². The van der Waals surface area contributed by atoms with E-state index in [1.54, 1.807) is 11.1 Å². The van der Waals surface area contributed by atoms with Crippen molar-refractivity contribution in [3.05, 3.63) is 70.2 Å². The first-order valence-electron chi connectivity index (χ1n) is 13.1. The highest BCUT2D eigenvalue weighted by atomic mass is 35.5. The van der Waals surface area contributed by atoms with Gasteiger partial charge in [-0.15, -0.1) is 0 Å². The van der Waals surface area contributed by atoms with E-state index in [9.17, 15) is 0 Å². The quantitative estimate of drug-likeness (QED) is 0.393. The summed E-state index contributed by atoms with van der Waals surface area (Å²) in [6.07, 6.45) is 10.6. The zero-order chi connectivity index (χ0) is 22.9. The Labute approximate surface area is 202 Å². The van der Waals surface area contributed by atoms with Crippen LogP contribution in [-0.4, -0.2) is 0 Å². The number of hydrogen-bond donors (Lipinski definition) is 0. The summed E-state index contributed by atoms with van der Waals surface area (Å²) in [5.41, 5.74) is 5.30. The number of halogens is 1. The fourth-order valence-electron chi connectivity index (χ4n) is 7.33. The monoisotopic (exact) mass is 450 g/mol. The first-order valence-corrected chi connectivity index (χ1v) is 13.5. The Hall–Kier alpha value is -1.27. The van der Waals surface area contributed by atoms with E-state index in [1.165, 1.54) is 56.9 Å². The van der Waals surface area contributed by atoms with Crippen LogP contribution in [0.3, 0.4) is 0 Å². The van der Waals surface area contributed by atoms with Crippen LogP contribution in [0.1, 0.15) is 109 Å². The zero-order valence-electron chi connectivity index (χ0n) is 21.0. The molecule has 0 amide bonds. The van der Waals surface area contributed by atoms with Gasteiger partial charge in [-0.25, -0.2) is 0 Å². The molecule has 0 saturated heterocycles. The van der Waals surface area contributed by atoms with Gasteiger partial charge in [-0.3, -0.25) is 0 Å². The van der Waals surface area contributed by atoms with Gasteiger partial charge in [-0.2, -0.15) is 0 Å². The molecule has 174 valence electrons. The fraction of sp³-hybridized carbons (Fsp3) is 0.613. The summed E-state index contributed by atoms with van der Waals surface area (Å²) in [5.74, 6) is 2.80. The van der Waals surface area contributed by atoms with E-state index in [-0.39, 0.29) is 5.41 Å². The number of benzene rings is 2. The Bertz CT molecular complexity index is 904. The lowest BCUT2D eigenvalue weighted by Gasteiger charge is -2.39. The maximum absolute atomic E-state index is 6.44. The molecule has 2 aromatic carbocycles. The third kappa shape index (κ3) is 4.54. The van der Waals surface area contributed by atoms with Crippen LogP contribution in [0.25, 0.3) is 0 Å². The molecule has 0 spiro atoms. The van der Waals surface area contributed by atoms with E-state index in [0.717, 1.165) is 16.9 Å². The van der Waals surface area contributed by atoms with Crippen molar-refractivity contribution >= 4 is 11.6 Å². The Morgan fingerprint density at radius 3 is 2.22 bits per heavy atom. The van der Waals surface area contributed by atoms with Gasteiger partial charge in [-0.05, 0) is 102 Å². The van der Waals surface area contributed by atoms with Crippen LogP contribution in [-0.2, 0) is 10.8 Å². The SMILES string of the molecule is CC(C)CC1(c2cccc(Cl)c2)CCC(c2cccc(C3(C(C)C(C)C)CCCC3)c2)C1. The molecular formula is C31H43Cl. The minimum atomic E-state index is 0.260. The third-order valence-electron chi connectivity index (χ3n) is 9.14. The second-order valence-electron chi connectivity index (χ2n) is 11.8. The molecular weight excluding hydrogens is 408 g/mol. The van der Waals surface area contributed by atoms with Crippen LogP contribution in [0, 0.1) is 17.8 Å². The maximum atomic E-state index is 6.44. The third-order valence-corrected chi connectivity index (χ3v) is 9.38. The van der Waals surface area contributed by atoms with Gasteiger partial charge in [0.1, 0.15) is 0 Å². The minimum absolute atomic E-state index is 0.260. The molecule has 0 nitrogen and oxygen atoms in total.